The summed E-state index contributed by atoms with van der Waals surface area (Å²) in [5, 5.41) is 4.24. The second-order valence-electron chi connectivity index (χ2n) is 3.06. The van der Waals surface area contributed by atoms with Crippen molar-refractivity contribution in [1.82, 2.24) is 4.98 Å². The molecule has 0 aliphatic heterocycles. The van der Waals surface area contributed by atoms with Crippen molar-refractivity contribution in [3.05, 3.63) is 36.5 Å². The third-order valence-corrected chi connectivity index (χ3v) is 2.06. The molecule has 0 spiro atoms. The fourth-order valence-corrected chi connectivity index (χ4v) is 1.51. The number of hydrogen-bond acceptors (Lipinski definition) is 2. The second kappa shape index (κ2) is 3.72. The largest absolute Gasteiger partial charge is 0.350 e. The van der Waals surface area contributed by atoms with Gasteiger partial charge in [0.1, 0.15) is 0 Å². The third-order valence-electron chi connectivity index (χ3n) is 1.96. The van der Waals surface area contributed by atoms with E-state index in [-0.39, 0.29) is 0 Å². The van der Waals surface area contributed by atoms with Gasteiger partial charge < -0.3 is 5.32 Å². The third kappa shape index (κ3) is 1.72. The lowest BCUT2D eigenvalue weighted by Gasteiger charge is -2.06. The van der Waals surface area contributed by atoms with Crippen molar-refractivity contribution in [2.24, 2.45) is 0 Å². The van der Waals surface area contributed by atoms with Crippen LogP contribution in [0.25, 0.3) is 10.9 Å². The van der Waals surface area contributed by atoms with Crippen molar-refractivity contribution >= 4 is 33.8 Å². The molecule has 1 heterocycles. The molecule has 0 saturated heterocycles. The van der Waals surface area contributed by atoms with Crippen LogP contribution in [0.15, 0.2) is 36.5 Å². The fourth-order valence-electron chi connectivity index (χ4n) is 1.40. The van der Waals surface area contributed by atoms with Crippen LogP contribution >= 0.6 is 12.2 Å². The van der Waals surface area contributed by atoms with Crippen LogP contribution in [0.2, 0.25) is 0 Å². The summed E-state index contributed by atoms with van der Waals surface area (Å²) < 4.78 is 0. The van der Waals surface area contributed by atoms with Crippen molar-refractivity contribution in [2.45, 2.75) is 6.92 Å². The Balaban J connectivity index is 2.59. The van der Waals surface area contributed by atoms with Crippen LogP contribution in [0.3, 0.4) is 0 Å². The maximum absolute atomic E-state index is 5.01. The van der Waals surface area contributed by atoms with E-state index in [0.29, 0.717) is 0 Å². The van der Waals surface area contributed by atoms with Gasteiger partial charge in [-0.2, -0.15) is 0 Å². The van der Waals surface area contributed by atoms with Crippen molar-refractivity contribution < 1.29 is 0 Å². The molecule has 1 aromatic carbocycles. The number of rotatable bonds is 1. The number of hydrogen-bond donors (Lipinski definition) is 1. The highest BCUT2D eigenvalue weighted by atomic mass is 32.1. The smallest absolute Gasteiger partial charge is 0.0765 e. The zero-order valence-corrected chi connectivity index (χ0v) is 8.64. The lowest BCUT2D eigenvalue weighted by Crippen LogP contribution is -2.03. The van der Waals surface area contributed by atoms with Crippen LogP contribution in [-0.4, -0.2) is 9.97 Å². The Morgan fingerprint density at radius 2 is 2.14 bits per heavy atom. The molecule has 70 valence electrons. The number of nitrogens with zero attached hydrogens (tertiary/aromatic N) is 1. The van der Waals surface area contributed by atoms with Crippen LogP contribution in [0.4, 0.5) is 5.69 Å². The average molecular weight is 202 g/mol. The van der Waals surface area contributed by atoms with E-state index in [1.807, 2.05) is 37.3 Å². The average Bonchev–Trinajstić information content (AvgIpc) is 2.18. The van der Waals surface area contributed by atoms with E-state index in [4.69, 9.17) is 12.2 Å². The number of thiocarbonyl (C=S) groups is 1. The van der Waals surface area contributed by atoms with Gasteiger partial charge >= 0.3 is 0 Å². The predicted octanol–water partition coefficient (Wildman–Crippen LogP) is 2.99. The van der Waals surface area contributed by atoms with Gasteiger partial charge in [0.05, 0.1) is 10.5 Å². The molecule has 2 nitrogen and oxygen atoms in total. The predicted molar refractivity (Wildman–Crippen MR) is 63.6 cm³/mol. The molecule has 0 unspecified atom stereocenters. The lowest BCUT2D eigenvalue weighted by atomic mass is 10.2. The molecular weight excluding hydrogens is 192 g/mol. The Morgan fingerprint density at radius 1 is 1.29 bits per heavy atom. The first-order chi connectivity index (χ1) is 6.77. The number of nitrogens with one attached hydrogen (secondary N) is 1. The minimum absolute atomic E-state index is 0.765. The highest BCUT2D eigenvalue weighted by Gasteiger charge is 1.99. The van der Waals surface area contributed by atoms with E-state index in [1.165, 1.54) is 0 Å². The summed E-state index contributed by atoms with van der Waals surface area (Å²) in [4.78, 5) is 5.03. The zero-order valence-electron chi connectivity index (χ0n) is 7.82. The first kappa shape index (κ1) is 9.09. The molecule has 0 amide bonds. The molecule has 2 rings (SSSR count). The summed E-state index contributed by atoms with van der Waals surface area (Å²) in [6, 6.07) is 9.91. The van der Waals surface area contributed by atoms with E-state index in [9.17, 15) is 0 Å². The van der Waals surface area contributed by atoms with Crippen molar-refractivity contribution in [3.8, 4) is 0 Å². The SMILES string of the molecule is CC(=S)Nc1cccc2ncccc12. The number of pyridine rings is 1. The highest BCUT2D eigenvalue weighted by molar-refractivity contribution is 7.80. The molecule has 0 fully saturated rings. The summed E-state index contributed by atoms with van der Waals surface area (Å²) in [6.07, 6.45) is 1.79. The van der Waals surface area contributed by atoms with Crippen molar-refractivity contribution in [1.29, 1.82) is 0 Å². The Morgan fingerprint density at radius 3 is 2.93 bits per heavy atom. The second-order valence-corrected chi connectivity index (χ2v) is 3.67. The first-order valence-electron chi connectivity index (χ1n) is 4.39. The number of aromatic nitrogens is 1. The molecule has 0 saturated carbocycles. The minimum atomic E-state index is 0.765. The molecule has 1 aromatic heterocycles. The molecule has 0 aliphatic rings. The Labute approximate surface area is 88.0 Å². The highest BCUT2D eigenvalue weighted by Crippen LogP contribution is 2.20. The lowest BCUT2D eigenvalue weighted by molar-refractivity contribution is 1.41. The number of anilines is 1. The van der Waals surface area contributed by atoms with Gasteiger partial charge in [0.15, 0.2) is 0 Å². The van der Waals surface area contributed by atoms with Crippen LogP contribution in [0.5, 0.6) is 0 Å². The van der Waals surface area contributed by atoms with Crippen molar-refractivity contribution in [3.63, 3.8) is 0 Å². The molecule has 0 radical (unpaired) electrons. The van der Waals surface area contributed by atoms with Crippen LogP contribution in [0.1, 0.15) is 6.92 Å². The summed E-state index contributed by atoms with van der Waals surface area (Å²) in [5.41, 5.74) is 2.00. The fraction of sp³-hybridized carbons (Fsp3) is 0.0909. The van der Waals surface area contributed by atoms with Crippen LogP contribution in [0, 0.1) is 0 Å². The van der Waals surface area contributed by atoms with Gasteiger partial charge in [-0.3, -0.25) is 4.98 Å². The summed E-state index contributed by atoms with van der Waals surface area (Å²) >= 11 is 5.01. The van der Waals surface area contributed by atoms with E-state index >= 15 is 0 Å². The molecule has 0 bridgehead atoms. The van der Waals surface area contributed by atoms with Gasteiger partial charge in [-0.05, 0) is 31.2 Å². The molecular formula is C11H10N2S. The van der Waals surface area contributed by atoms with Gasteiger partial charge in [0, 0.05) is 17.3 Å². The summed E-state index contributed by atoms with van der Waals surface area (Å²) in [6.45, 7) is 1.87. The minimum Gasteiger partial charge on any atom is -0.350 e. The van der Waals surface area contributed by atoms with E-state index in [2.05, 4.69) is 10.3 Å². The van der Waals surface area contributed by atoms with Crippen LogP contribution < -0.4 is 5.32 Å². The molecule has 2 aromatic rings. The van der Waals surface area contributed by atoms with E-state index in [1.54, 1.807) is 6.20 Å². The van der Waals surface area contributed by atoms with Crippen molar-refractivity contribution in [2.75, 3.05) is 5.32 Å². The van der Waals surface area contributed by atoms with Gasteiger partial charge in [-0.1, -0.05) is 18.3 Å². The number of fused-ring (bicyclic) bond motifs is 1. The molecule has 14 heavy (non-hydrogen) atoms. The Kier molecular flexibility index (Phi) is 2.41. The Hall–Kier alpha value is -1.48. The standard InChI is InChI=1S/C11H10N2S/c1-8(14)13-11-6-2-5-10-9(11)4-3-7-12-10/h2-7H,1H3,(H,13,14). The van der Waals surface area contributed by atoms with Gasteiger partial charge in [0.25, 0.3) is 0 Å². The van der Waals surface area contributed by atoms with Gasteiger partial charge in [0.2, 0.25) is 0 Å². The molecule has 0 atom stereocenters. The first-order valence-corrected chi connectivity index (χ1v) is 4.79. The Bertz CT molecular complexity index is 474. The van der Waals surface area contributed by atoms with E-state index in [0.717, 1.165) is 21.6 Å². The maximum Gasteiger partial charge on any atom is 0.0765 e. The zero-order chi connectivity index (χ0) is 9.97. The van der Waals surface area contributed by atoms with Gasteiger partial charge in [-0.15, -0.1) is 0 Å². The molecule has 0 aliphatic carbocycles. The molecule has 1 N–H and O–H groups in total. The summed E-state index contributed by atoms with van der Waals surface area (Å²) in [7, 11) is 0. The topological polar surface area (TPSA) is 24.9 Å². The monoisotopic (exact) mass is 202 g/mol. The summed E-state index contributed by atoms with van der Waals surface area (Å²) in [5.74, 6) is 0. The van der Waals surface area contributed by atoms with Crippen LogP contribution in [-0.2, 0) is 0 Å². The normalized spacial score (nSPS) is 10.1. The van der Waals surface area contributed by atoms with E-state index < -0.39 is 0 Å². The van der Waals surface area contributed by atoms with Gasteiger partial charge in [-0.25, -0.2) is 0 Å². The molecule has 3 heteroatoms. The number of benzene rings is 1. The maximum atomic E-state index is 5.01. The quantitative estimate of drug-likeness (QED) is 0.719.